The number of aromatic nitrogens is 1. The van der Waals surface area contributed by atoms with Crippen molar-refractivity contribution in [3.63, 3.8) is 0 Å². The zero-order valence-corrected chi connectivity index (χ0v) is 11.2. The summed E-state index contributed by atoms with van der Waals surface area (Å²) in [5.74, 6) is -0.139. The summed E-state index contributed by atoms with van der Waals surface area (Å²) in [6.45, 7) is 0. The van der Waals surface area contributed by atoms with Crippen LogP contribution >= 0.6 is 11.6 Å². The van der Waals surface area contributed by atoms with Crippen molar-refractivity contribution in [3.8, 4) is 0 Å². The monoisotopic (exact) mass is 283 g/mol. The molecule has 0 bridgehead atoms. The number of carbonyl (C=O) groups is 2. The second kappa shape index (κ2) is 4.94. The van der Waals surface area contributed by atoms with Gasteiger partial charge in [0.1, 0.15) is 0 Å². The van der Waals surface area contributed by atoms with E-state index in [0.717, 1.165) is 0 Å². The fourth-order valence-corrected chi connectivity index (χ4v) is 2.40. The maximum absolute atomic E-state index is 12.4. The van der Waals surface area contributed by atoms with Crippen LogP contribution in [0.2, 0.25) is 0 Å². The molecule has 0 fully saturated rings. The van der Waals surface area contributed by atoms with E-state index in [4.69, 9.17) is 11.6 Å². The Balaban J connectivity index is 2.17. The SMILES string of the molecule is O=C(Cl)c1cccc2c1ccn2C(=O)c1ccccc1. The Kier molecular flexibility index (Phi) is 3.12. The highest BCUT2D eigenvalue weighted by Gasteiger charge is 2.14. The quantitative estimate of drug-likeness (QED) is 0.673. The molecule has 0 unspecified atom stereocenters. The Morgan fingerprint density at radius 2 is 1.65 bits per heavy atom. The van der Waals surface area contributed by atoms with Crippen LogP contribution in [0.5, 0.6) is 0 Å². The highest BCUT2D eigenvalue weighted by Crippen LogP contribution is 2.22. The van der Waals surface area contributed by atoms with Gasteiger partial charge in [-0.3, -0.25) is 14.2 Å². The summed E-state index contributed by atoms with van der Waals surface area (Å²) >= 11 is 5.55. The molecular weight excluding hydrogens is 274 g/mol. The Hall–Kier alpha value is -2.39. The van der Waals surface area contributed by atoms with E-state index < -0.39 is 5.24 Å². The van der Waals surface area contributed by atoms with E-state index in [0.29, 0.717) is 22.0 Å². The van der Waals surface area contributed by atoms with Gasteiger partial charge in [0.2, 0.25) is 0 Å². The molecule has 0 aliphatic carbocycles. The summed E-state index contributed by atoms with van der Waals surface area (Å²) in [5, 5.41) is 0.150. The maximum atomic E-state index is 12.4. The van der Waals surface area contributed by atoms with Gasteiger partial charge < -0.3 is 0 Å². The molecule has 2 aromatic carbocycles. The highest BCUT2D eigenvalue weighted by molar-refractivity contribution is 6.68. The molecule has 0 radical (unpaired) electrons. The van der Waals surface area contributed by atoms with Gasteiger partial charge in [0.25, 0.3) is 11.1 Å². The average Bonchev–Trinajstić information content (AvgIpc) is 2.91. The molecule has 1 heterocycles. The number of nitrogens with zero attached hydrogens (tertiary/aromatic N) is 1. The third kappa shape index (κ3) is 2.02. The van der Waals surface area contributed by atoms with Crippen LogP contribution in [0.1, 0.15) is 20.7 Å². The lowest BCUT2D eigenvalue weighted by Crippen LogP contribution is -2.10. The minimum Gasteiger partial charge on any atom is -0.283 e. The summed E-state index contributed by atoms with van der Waals surface area (Å²) in [6, 6.07) is 15.9. The number of rotatable bonds is 2. The van der Waals surface area contributed by atoms with Crippen LogP contribution < -0.4 is 0 Å². The van der Waals surface area contributed by atoms with Crippen molar-refractivity contribution >= 4 is 33.7 Å². The normalized spacial score (nSPS) is 10.7. The van der Waals surface area contributed by atoms with E-state index >= 15 is 0 Å². The minimum absolute atomic E-state index is 0.139. The lowest BCUT2D eigenvalue weighted by molar-refractivity contribution is 0.0964. The summed E-state index contributed by atoms with van der Waals surface area (Å²) in [4.78, 5) is 23.8. The van der Waals surface area contributed by atoms with Crippen LogP contribution in [0.15, 0.2) is 60.8 Å². The molecule has 0 aliphatic rings. The predicted molar refractivity (Wildman–Crippen MR) is 78.3 cm³/mol. The molecule has 3 aromatic rings. The van der Waals surface area contributed by atoms with E-state index in [1.807, 2.05) is 18.2 Å². The summed E-state index contributed by atoms with van der Waals surface area (Å²) in [7, 11) is 0. The lowest BCUT2D eigenvalue weighted by Gasteiger charge is -2.04. The number of halogens is 1. The predicted octanol–water partition coefficient (Wildman–Crippen LogP) is 3.71. The van der Waals surface area contributed by atoms with Crippen LogP contribution in [-0.2, 0) is 0 Å². The standard InChI is InChI=1S/C16H10ClNO2/c17-15(19)13-7-4-8-14-12(13)9-10-18(14)16(20)11-5-2-1-3-6-11/h1-10H. The van der Waals surface area contributed by atoms with E-state index in [2.05, 4.69) is 0 Å². The van der Waals surface area contributed by atoms with Crippen molar-refractivity contribution in [2.45, 2.75) is 0 Å². The third-order valence-corrected chi connectivity index (χ3v) is 3.39. The molecule has 0 amide bonds. The van der Waals surface area contributed by atoms with Crippen LogP contribution in [0, 0.1) is 0 Å². The molecule has 4 heteroatoms. The topological polar surface area (TPSA) is 39.1 Å². The second-order valence-electron chi connectivity index (χ2n) is 4.37. The van der Waals surface area contributed by atoms with Gasteiger partial charge in [0.15, 0.2) is 0 Å². The minimum atomic E-state index is -0.527. The lowest BCUT2D eigenvalue weighted by atomic mass is 10.1. The first-order valence-corrected chi connectivity index (χ1v) is 6.46. The fourth-order valence-electron chi connectivity index (χ4n) is 2.24. The number of fused-ring (bicyclic) bond motifs is 1. The molecule has 3 rings (SSSR count). The molecule has 0 aliphatic heterocycles. The fraction of sp³-hybridized carbons (Fsp3) is 0. The molecule has 0 N–H and O–H groups in total. The van der Waals surface area contributed by atoms with Crippen molar-refractivity contribution in [2.75, 3.05) is 0 Å². The van der Waals surface area contributed by atoms with E-state index in [9.17, 15) is 9.59 Å². The van der Waals surface area contributed by atoms with Crippen molar-refractivity contribution in [1.29, 1.82) is 0 Å². The Morgan fingerprint density at radius 1 is 0.900 bits per heavy atom. The Morgan fingerprint density at radius 3 is 2.35 bits per heavy atom. The van der Waals surface area contributed by atoms with Gasteiger partial charge in [-0.05, 0) is 41.9 Å². The first-order chi connectivity index (χ1) is 9.68. The van der Waals surface area contributed by atoms with Gasteiger partial charge in [0, 0.05) is 22.7 Å². The van der Waals surface area contributed by atoms with Crippen LogP contribution in [0.25, 0.3) is 10.9 Å². The van der Waals surface area contributed by atoms with Crippen LogP contribution in [0.3, 0.4) is 0 Å². The molecule has 1 aromatic heterocycles. The number of carbonyl (C=O) groups excluding carboxylic acids is 2. The van der Waals surface area contributed by atoms with Crippen molar-refractivity contribution in [1.82, 2.24) is 4.57 Å². The highest BCUT2D eigenvalue weighted by atomic mass is 35.5. The Bertz CT molecular complexity index is 806. The van der Waals surface area contributed by atoms with Crippen molar-refractivity contribution in [3.05, 3.63) is 71.9 Å². The molecular formula is C16H10ClNO2. The molecule has 0 atom stereocenters. The van der Waals surface area contributed by atoms with Gasteiger partial charge in [-0.15, -0.1) is 0 Å². The van der Waals surface area contributed by atoms with E-state index in [-0.39, 0.29) is 5.91 Å². The smallest absolute Gasteiger partial charge is 0.262 e. The summed E-state index contributed by atoms with van der Waals surface area (Å²) < 4.78 is 1.52. The van der Waals surface area contributed by atoms with Crippen molar-refractivity contribution < 1.29 is 9.59 Å². The number of hydrogen-bond acceptors (Lipinski definition) is 2. The third-order valence-electron chi connectivity index (χ3n) is 3.18. The van der Waals surface area contributed by atoms with Crippen LogP contribution in [0.4, 0.5) is 0 Å². The van der Waals surface area contributed by atoms with Crippen LogP contribution in [-0.4, -0.2) is 15.7 Å². The first kappa shape index (κ1) is 12.6. The molecule has 3 nitrogen and oxygen atoms in total. The zero-order valence-electron chi connectivity index (χ0n) is 10.4. The van der Waals surface area contributed by atoms with Gasteiger partial charge in [-0.25, -0.2) is 0 Å². The average molecular weight is 284 g/mol. The summed E-state index contributed by atoms with van der Waals surface area (Å²) in [6.07, 6.45) is 1.66. The summed E-state index contributed by atoms with van der Waals surface area (Å²) in [5.41, 5.74) is 1.67. The van der Waals surface area contributed by atoms with Gasteiger partial charge >= 0.3 is 0 Å². The van der Waals surface area contributed by atoms with Gasteiger partial charge in [0.05, 0.1) is 5.52 Å². The zero-order chi connectivity index (χ0) is 14.1. The van der Waals surface area contributed by atoms with E-state index in [1.165, 1.54) is 4.57 Å². The molecule has 0 spiro atoms. The molecule has 98 valence electrons. The largest absolute Gasteiger partial charge is 0.283 e. The van der Waals surface area contributed by atoms with Gasteiger partial charge in [-0.1, -0.05) is 24.3 Å². The molecule has 0 saturated heterocycles. The van der Waals surface area contributed by atoms with E-state index in [1.54, 1.807) is 42.6 Å². The first-order valence-electron chi connectivity index (χ1n) is 6.08. The number of hydrogen-bond donors (Lipinski definition) is 0. The number of benzene rings is 2. The molecule has 20 heavy (non-hydrogen) atoms. The maximum Gasteiger partial charge on any atom is 0.262 e. The molecule has 0 saturated carbocycles. The Labute approximate surface area is 120 Å². The van der Waals surface area contributed by atoms with Gasteiger partial charge in [-0.2, -0.15) is 0 Å². The second-order valence-corrected chi connectivity index (χ2v) is 4.71. The van der Waals surface area contributed by atoms with Crippen molar-refractivity contribution in [2.24, 2.45) is 0 Å².